The zero-order valence-corrected chi connectivity index (χ0v) is 18.0. The highest BCUT2D eigenvalue weighted by Gasteiger charge is 2.06. The Morgan fingerprint density at radius 3 is 1.67 bits per heavy atom. The zero-order valence-electron chi connectivity index (χ0n) is 18.0. The molecule has 0 aliphatic heterocycles. The van der Waals surface area contributed by atoms with Gasteiger partial charge in [-0.1, -0.05) is 103 Å². The largest absolute Gasteiger partial charge is 0.351 e. The van der Waals surface area contributed by atoms with Gasteiger partial charge in [0.15, 0.2) is 0 Å². The van der Waals surface area contributed by atoms with E-state index < -0.39 is 0 Å². The molecule has 0 saturated heterocycles. The van der Waals surface area contributed by atoms with Crippen molar-refractivity contribution in [2.45, 2.75) is 110 Å². The molecule has 1 N–H and O–H groups in total. The maximum atomic E-state index is 11.8. The Morgan fingerprint density at radius 2 is 1.26 bits per heavy atom. The average molecular weight is 378 g/mol. The molecular formula is C23H43N3O. The molecule has 0 saturated carbocycles. The third kappa shape index (κ3) is 13.5. The van der Waals surface area contributed by atoms with Crippen LogP contribution < -0.4 is 5.32 Å². The number of aromatic nitrogens is 2. The summed E-state index contributed by atoms with van der Waals surface area (Å²) in [5.41, 5.74) is 0.508. The number of carbonyl (C=O) groups excluding carboxylic acids is 1. The summed E-state index contributed by atoms with van der Waals surface area (Å²) < 4.78 is 1.66. The van der Waals surface area contributed by atoms with Gasteiger partial charge in [0.1, 0.15) is 5.69 Å². The van der Waals surface area contributed by atoms with E-state index in [1.165, 1.54) is 96.3 Å². The standard InChI is InChI=1S/C23H43N3O/c1-3-4-5-6-7-8-9-10-11-12-13-14-15-16-17-18-20-24-23(27)22-19-21-26(2)25-22/h19,21H,3-18,20H2,1-2H3,(H,24,27). The number of nitrogens with one attached hydrogen (secondary N) is 1. The first kappa shape index (κ1) is 23.7. The zero-order chi connectivity index (χ0) is 19.6. The summed E-state index contributed by atoms with van der Waals surface area (Å²) in [6.45, 7) is 3.04. The molecule has 4 heteroatoms. The van der Waals surface area contributed by atoms with Crippen molar-refractivity contribution in [3.05, 3.63) is 18.0 Å². The first-order valence-electron chi connectivity index (χ1n) is 11.5. The lowest BCUT2D eigenvalue weighted by Crippen LogP contribution is -2.24. The highest BCUT2D eigenvalue weighted by molar-refractivity contribution is 5.92. The molecule has 1 aromatic rings. The van der Waals surface area contributed by atoms with Crippen molar-refractivity contribution in [3.8, 4) is 0 Å². The highest BCUT2D eigenvalue weighted by atomic mass is 16.1. The minimum atomic E-state index is -0.0587. The molecular weight excluding hydrogens is 334 g/mol. The summed E-state index contributed by atoms with van der Waals surface area (Å²) in [5.74, 6) is -0.0587. The summed E-state index contributed by atoms with van der Waals surface area (Å²) in [6, 6.07) is 1.75. The molecule has 1 rings (SSSR count). The van der Waals surface area contributed by atoms with Gasteiger partial charge in [-0.15, -0.1) is 0 Å². The van der Waals surface area contributed by atoms with E-state index in [4.69, 9.17) is 0 Å². The summed E-state index contributed by atoms with van der Waals surface area (Å²) in [7, 11) is 1.83. The van der Waals surface area contributed by atoms with Crippen LogP contribution >= 0.6 is 0 Å². The van der Waals surface area contributed by atoms with Gasteiger partial charge in [0.2, 0.25) is 0 Å². The first-order valence-corrected chi connectivity index (χ1v) is 11.5. The maximum Gasteiger partial charge on any atom is 0.271 e. The highest BCUT2D eigenvalue weighted by Crippen LogP contribution is 2.13. The van der Waals surface area contributed by atoms with E-state index in [2.05, 4.69) is 17.3 Å². The summed E-state index contributed by atoms with van der Waals surface area (Å²) in [6.07, 6.45) is 23.7. The second-order valence-electron chi connectivity index (χ2n) is 7.93. The molecule has 1 aromatic heterocycles. The Balaban J connectivity index is 1.75. The van der Waals surface area contributed by atoms with Gasteiger partial charge in [0.25, 0.3) is 5.91 Å². The minimum absolute atomic E-state index is 0.0587. The number of nitrogens with zero attached hydrogens (tertiary/aromatic N) is 2. The quantitative estimate of drug-likeness (QED) is 0.300. The van der Waals surface area contributed by atoms with Gasteiger partial charge in [-0.2, -0.15) is 5.10 Å². The molecule has 0 aliphatic rings. The smallest absolute Gasteiger partial charge is 0.271 e. The normalized spacial score (nSPS) is 11.0. The molecule has 0 atom stereocenters. The molecule has 0 fully saturated rings. The van der Waals surface area contributed by atoms with Crippen LogP contribution in [0.3, 0.4) is 0 Å². The van der Waals surface area contributed by atoms with E-state index in [0.29, 0.717) is 5.69 Å². The summed E-state index contributed by atoms with van der Waals surface area (Å²) in [5, 5.41) is 7.06. The molecule has 0 bridgehead atoms. The van der Waals surface area contributed by atoms with Gasteiger partial charge < -0.3 is 5.32 Å². The number of hydrogen-bond acceptors (Lipinski definition) is 2. The molecule has 0 aliphatic carbocycles. The van der Waals surface area contributed by atoms with Crippen LogP contribution in [0, 0.1) is 0 Å². The van der Waals surface area contributed by atoms with Crippen LogP contribution in [0.4, 0.5) is 0 Å². The van der Waals surface area contributed by atoms with Gasteiger partial charge in [0, 0.05) is 19.8 Å². The molecule has 0 aromatic carbocycles. The topological polar surface area (TPSA) is 46.9 Å². The first-order chi connectivity index (χ1) is 13.2. The van der Waals surface area contributed by atoms with Gasteiger partial charge in [-0.3, -0.25) is 9.48 Å². The van der Waals surface area contributed by atoms with Crippen LogP contribution in [0.1, 0.15) is 120 Å². The van der Waals surface area contributed by atoms with E-state index in [1.54, 1.807) is 16.9 Å². The number of hydrogen-bond donors (Lipinski definition) is 1. The van der Waals surface area contributed by atoms with Crippen molar-refractivity contribution in [2.75, 3.05) is 6.54 Å². The fourth-order valence-corrected chi connectivity index (χ4v) is 3.50. The van der Waals surface area contributed by atoms with Crippen molar-refractivity contribution >= 4 is 5.91 Å². The maximum absolute atomic E-state index is 11.8. The Hall–Kier alpha value is -1.32. The number of amides is 1. The number of carbonyl (C=O) groups is 1. The molecule has 0 unspecified atom stereocenters. The predicted molar refractivity (Wildman–Crippen MR) is 115 cm³/mol. The van der Waals surface area contributed by atoms with Crippen molar-refractivity contribution in [1.82, 2.24) is 15.1 Å². The fourth-order valence-electron chi connectivity index (χ4n) is 3.50. The average Bonchev–Trinajstić information content (AvgIpc) is 3.10. The molecule has 1 amide bonds. The van der Waals surface area contributed by atoms with E-state index in [1.807, 2.05) is 7.05 Å². The fraction of sp³-hybridized carbons (Fsp3) is 0.826. The second-order valence-corrected chi connectivity index (χ2v) is 7.93. The van der Waals surface area contributed by atoms with Crippen molar-refractivity contribution < 1.29 is 4.79 Å². The van der Waals surface area contributed by atoms with Crippen LogP contribution in [0.15, 0.2) is 12.3 Å². The summed E-state index contributed by atoms with van der Waals surface area (Å²) >= 11 is 0. The van der Waals surface area contributed by atoms with Gasteiger partial charge in [0.05, 0.1) is 0 Å². The van der Waals surface area contributed by atoms with E-state index in [0.717, 1.165) is 13.0 Å². The molecule has 0 spiro atoms. The second kappa shape index (κ2) is 16.8. The monoisotopic (exact) mass is 377 g/mol. The molecule has 0 radical (unpaired) electrons. The van der Waals surface area contributed by atoms with Crippen LogP contribution in [0.5, 0.6) is 0 Å². The van der Waals surface area contributed by atoms with Crippen LogP contribution in [0.25, 0.3) is 0 Å². The van der Waals surface area contributed by atoms with Crippen molar-refractivity contribution in [3.63, 3.8) is 0 Å². The molecule has 1 heterocycles. The third-order valence-corrected chi connectivity index (χ3v) is 5.26. The SMILES string of the molecule is CCCCCCCCCCCCCCCCCCNC(=O)c1ccn(C)n1. The van der Waals surface area contributed by atoms with Gasteiger partial charge >= 0.3 is 0 Å². The summed E-state index contributed by atoms with van der Waals surface area (Å²) in [4.78, 5) is 11.8. The van der Waals surface area contributed by atoms with Gasteiger partial charge in [-0.25, -0.2) is 0 Å². The number of aryl methyl sites for hydroxylation is 1. The van der Waals surface area contributed by atoms with Gasteiger partial charge in [-0.05, 0) is 12.5 Å². The molecule has 4 nitrogen and oxygen atoms in total. The Kier molecular flexibility index (Phi) is 14.8. The van der Waals surface area contributed by atoms with Crippen LogP contribution in [-0.2, 0) is 7.05 Å². The van der Waals surface area contributed by atoms with E-state index in [-0.39, 0.29) is 5.91 Å². The third-order valence-electron chi connectivity index (χ3n) is 5.26. The van der Waals surface area contributed by atoms with E-state index >= 15 is 0 Å². The Labute approximate surface area is 167 Å². The lowest BCUT2D eigenvalue weighted by molar-refractivity contribution is 0.0947. The number of unbranched alkanes of at least 4 members (excludes halogenated alkanes) is 15. The predicted octanol–water partition coefficient (Wildman–Crippen LogP) is 6.41. The lowest BCUT2D eigenvalue weighted by Gasteiger charge is -2.04. The Bertz CT molecular complexity index is 470. The molecule has 156 valence electrons. The van der Waals surface area contributed by atoms with Crippen LogP contribution in [0.2, 0.25) is 0 Å². The van der Waals surface area contributed by atoms with E-state index in [9.17, 15) is 4.79 Å². The van der Waals surface area contributed by atoms with Crippen molar-refractivity contribution in [2.24, 2.45) is 7.05 Å². The van der Waals surface area contributed by atoms with Crippen LogP contribution in [-0.4, -0.2) is 22.2 Å². The van der Waals surface area contributed by atoms with Crippen molar-refractivity contribution in [1.29, 1.82) is 0 Å². The lowest BCUT2D eigenvalue weighted by atomic mass is 10.0. The number of rotatable bonds is 18. The molecule has 27 heavy (non-hydrogen) atoms. The Morgan fingerprint density at radius 1 is 0.815 bits per heavy atom. The minimum Gasteiger partial charge on any atom is -0.351 e.